The molecule has 0 N–H and O–H groups in total. The van der Waals surface area contributed by atoms with Crippen LogP contribution in [0, 0.1) is 0 Å². The van der Waals surface area contributed by atoms with Gasteiger partial charge in [-0.05, 0) is 17.7 Å². The van der Waals surface area contributed by atoms with Gasteiger partial charge in [0.25, 0.3) is 0 Å². The average Bonchev–Trinajstić information content (AvgIpc) is 3.37. The highest BCUT2D eigenvalue weighted by Gasteiger charge is 2.47. The van der Waals surface area contributed by atoms with Crippen LogP contribution in [-0.2, 0) is 16.0 Å². The molecule has 9 nitrogen and oxygen atoms in total. The van der Waals surface area contributed by atoms with Gasteiger partial charge in [0.05, 0.1) is 27.8 Å². The smallest absolute Gasteiger partial charge is 0.343 e. The Labute approximate surface area is 178 Å². The summed E-state index contributed by atoms with van der Waals surface area (Å²) in [6.45, 7) is 0.0707. The standard InChI is InChI=1S/C22H21NO8/c1-23-14(24)8-10-7-13-20(30-9-29-13)21(28-4)15(10)17(23)18-11-5-6-12(26-2)19(27-3)16(11)22(25)31-18/h5-7,17-18H,8-9H2,1-4H3/t17-,18?/m0/s1. The fourth-order valence-corrected chi connectivity index (χ4v) is 4.60. The van der Waals surface area contributed by atoms with Crippen LogP contribution in [0.1, 0.15) is 39.2 Å². The number of nitrogens with zero attached hydrogens (tertiary/aromatic N) is 1. The van der Waals surface area contributed by atoms with Crippen molar-refractivity contribution in [1.29, 1.82) is 0 Å². The second-order valence-electron chi connectivity index (χ2n) is 7.43. The number of fused-ring (bicyclic) bond motifs is 3. The van der Waals surface area contributed by atoms with E-state index >= 15 is 0 Å². The Bertz CT molecular complexity index is 1110. The summed E-state index contributed by atoms with van der Waals surface area (Å²) in [5, 5.41) is 0. The maximum absolute atomic E-state index is 12.9. The van der Waals surface area contributed by atoms with Gasteiger partial charge in [0.1, 0.15) is 11.6 Å². The first kappa shape index (κ1) is 19.3. The molecule has 0 radical (unpaired) electrons. The third-order valence-electron chi connectivity index (χ3n) is 6.01. The first-order valence-corrected chi connectivity index (χ1v) is 9.71. The highest BCUT2D eigenvalue weighted by atomic mass is 16.7. The van der Waals surface area contributed by atoms with Gasteiger partial charge in [0, 0.05) is 18.2 Å². The van der Waals surface area contributed by atoms with E-state index in [1.807, 2.05) is 0 Å². The third-order valence-corrected chi connectivity index (χ3v) is 6.01. The quantitative estimate of drug-likeness (QED) is 0.687. The van der Waals surface area contributed by atoms with E-state index in [0.717, 1.165) is 11.1 Å². The molecule has 0 saturated carbocycles. The van der Waals surface area contributed by atoms with E-state index in [1.165, 1.54) is 21.3 Å². The Balaban J connectivity index is 1.72. The first-order valence-electron chi connectivity index (χ1n) is 9.71. The van der Waals surface area contributed by atoms with E-state index in [1.54, 1.807) is 30.1 Å². The second-order valence-corrected chi connectivity index (χ2v) is 7.43. The zero-order valence-electron chi connectivity index (χ0n) is 17.5. The summed E-state index contributed by atoms with van der Waals surface area (Å²) in [6.07, 6.45) is -0.584. The summed E-state index contributed by atoms with van der Waals surface area (Å²) in [7, 11) is 6.19. The topological polar surface area (TPSA) is 92.8 Å². The van der Waals surface area contributed by atoms with Crippen molar-refractivity contribution in [3.63, 3.8) is 0 Å². The number of esters is 1. The molecule has 1 unspecified atom stereocenters. The summed E-state index contributed by atoms with van der Waals surface area (Å²) in [4.78, 5) is 27.3. The van der Waals surface area contributed by atoms with Crippen LogP contribution < -0.4 is 23.7 Å². The number of ether oxygens (including phenoxy) is 6. The summed E-state index contributed by atoms with van der Waals surface area (Å²) < 4.78 is 33.4. The van der Waals surface area contributed by atoms with Crippen molar-refractivity contribution in [3.8, 4) is 28.7 Å². The van der Waals surface area contributed by atoms with Gasteiger partial charge in [-0.25, -0.2) is 4.79 Å². The van der Waals surface area contributed by atoms with E-state index in [0.29, 0.717) is 39.9 Å². The predicted octanol–water partition coefficient (Wildman–Crippen LogP) is 2.41. The molecule has 0 aliphatic carbocycles. The van der Waals surface area contributed by atoms with Crippen LogP contribution in [0.15, 0.2) is 18.2 Å². The first-order chi connectivity index (χ1) is 15.0. The average molecular weight is 427 g/mol. The van der Waals surface area contributed by atoms with Gasteiger partial charge < -0.3 is 33.3 Å². The molecule has 3 heterocycles. The number of likely N-dealkylation sites (N-methyl/N-ethyl adjacent to an activating group) is 1. The monoisotopic (exact) mass is 427 g/mol. The van der Waals surface area contributed by atoms with E-state index in [2.05, 4.69) is 0 Å². The van der Waals surface area contributed by atoms with Crippen molar-refractivity contribution in [2.75, 3.05) is 35.2 Å². The molecule has 31 heavy (non-hydrogen) atoms. The number of carbonyl (C=O) groups excluding carboxylic acids is 2. The number of carbonyl (C=O) groups is 2. The molecule has 3 aliphatic heterocycles. The Morgan fingerprint density at radius 2 is 1.81 bits per heavy atom. The molecular weight excluding hydrogens is 406 g/mol. The van der Waals surface area contributed by atoms with Gasteiger partial charge in [-0.1, -0.05) is 6.07 Å². The lowest BCUT2D eigenvalue weighted by Gasteiger charge is -2.38. The molecule has 0 aromatic heterocycles. The second kappa shape index (κ2) is 6.97. The summed E-state index contributed by atoms with van der Waals surface area (Å²) in [5.41, 5.74) is 2.38. The van der Waals surface area contributed by atoms with Crippen LogP contribution in [0.2, 0.25) is 0 Å². The van der Waals surface area contributed by atoms with Gasteiger partial charge in [-0.2, -0.15) is 0 Å². The fourth-order valence-electron chi connectivity index (χ4n) is 4.60. The molecule has 0 saturated heterocycles. The van der Waals surface area contributed by atoms with Crippen molar-refractivity contribution in [3.05, 3.63) is 40.5 Å². The van der Waals surface area contributed by atoms with Crippen LogP contribution in [0.5, 0.6) is 28.7 Å². The number of cyclic esters (lactones) is 1. The van der Waals surface area contributed by atoms with E-state index in [9.17, 15) is 9.59 Å². The lowest BCUT2D eigenvalue weighted by atomic mass is 9.85. The number of methoxy groups -OCH3 is 3. The van der Waals surface area contributed by atoms with Crippen LogP contribution in [0.3, 0.4) is 0 Å². The molecule has 3 aliphatic rings. The fraction of sp³-hybridized carbons (Fsp3) is 0.364. The molecular formula is C22H21NO8. The Morgan fingerprint density at radius 3 is 2.52 bits per heavy atom. The number of hydrogen-bond donors (Lipinski definition) is 0. The molecule has 0 spiro atoms. The van der Waals surface area contributed by atoms with Gasteiger partial charge >= 0.3 is 5.97 Å². The molecule has 9 heteroatoms. The van der Waals surface area contributed by atoms with Gasteiger partial charge in [0.2, 0.25) is 18.4 Å². The minimum Gasteiger partial charge on any atom is -0.493 e. The molecule has 162 valence electrons. The lowest BCUT2D eigenvalue weighted by Crippen LogP contribution is -2.40. The maximum Gasteiger partial charge on any atom is 0.343 e. The SMILES string of the molecule is COc1ccc2c(c1OC)C(=O)OC2[C@@H]1c2c(cc3c(c2OC)OCO3)CC(=O)N1C. The number of benzene rings is 2. The van der Waals surface area contributed by atoms with Crippen LogP contribution >= 0.6 is 0 Å². The number of hydrogen-bond acceptors (Lipinski definition) is 8. The maximum atomic E-state index is 12.9. The molecule has 1 amide bonds. The van der Waals surface area contributed by atoms with Crippen molar-refractivity contribution in [2.45, 2.75) is 18.6 Å². The number of rotatable bonds is 4. The van der Waals surface area contributed by atoms with Gasteiger partial charge in [-0.3, -0.25) is 4.79 Å². The Morgan fingerprint density at radius 1 is 1.03 bits per heavy atom. The molecule has 2 aromatic carbocycles. The highest BCUT2D eigenvalue weighted by Crippen LogP contribution is 2.55. The largest absolute Gasteiger partial charge is 0.493 e. The zero-order valence-corrected chi connectivity index (χ0v) is 17.5. The van der Waals surface area contributed by atoms with E-state index in [4.69, 9.17) is 28.4 Å². The van der Waals surface area contributed by atoms with Crippen LogP contribution in [-0.4, -0.2) is 51.9 Å². The highest BCUT2D eigenvalue weighted by molar-refractivity contribution is 5.98. The van der Waals surface area contributed by atoms with Gasteiger partial charge in [0.15, 0.2) is 29.1 Å². The lowest BCUT2D eigenvalue weighted by molar-refractivity contribution is -0.135. The summed E-state index contributed by atoms with van der Waals surface area (Å²) in [6, 6.07) is 4.65. The Hall–Kier alpha value is -3.62. The normalized spacial score (nSPS) is 20.8. The van der Waals surface area contributed by atoms with E-state index < -0.39 is 18.1 Å². The summed E-state index contributed by atoms with van der Waals surface area (Å²) in [5.74, 6) is 1.56. The molecule has 2 atom stereocenters. The van der Waals surface area contributed by atoms with Crippen molar-refractivity contribution in [2.24, 2.45) is 0 Å². The zero-order chi connectivity index (χ0) is 21.9. The molecule has 5 rings (SSSR count). The minimum atomic E-state index is -0.760. The predicted molar refractivity (Wildman–Crippen MR) is 106 cm³/mol. The third kappa shape index (κ3) is 2.62. The molecule has 2 aromatic rings. The minimum absolute atomic E-state index is 0.0707. The van der Waals surface area contributed by atoms with E-state index in [-0.39, 0.29) is 19.1 Å². The van der Waals surface area contributed by atoms with Crippen LogP contribution in [0.4, 0.5) is 0 Å². The number of amides is 1. The van der Waals surface area contributed by atoms with Crippen molar-refractivity contribution >= 4 is 11.9 Å². The molecule has 0 fully saturated rings. The summed E-state index contributed by atoms with van der Waals surface area (Å²) >= 11 is 0. The molecule has 0 bridgehead atoms. The van der Waals surface area contributed by atoms with Crippen molar-refractivity contribution < 1.29 is 38.0 Å². The Kier molecular flexibility index (Phi) is 4.35. The van der Waals surface area contributed by atoms with Gasteiger partial charge in [-0.15, -0.1) is 0 Å². The van der Waals surface area contributed by atoms with Crippen molar-refractivity contribution in [1.82, 2.24) is 4.90 Å². The van der Waals surface area contributed by atoms with Crippen LogP contribution in [0.25, 0.3) is 0 Å².